The lowest BCUT2D eigenvalue weighted by Gasteiger charge is -2.17. The van der Waals surface area contributed by atoms with Gasteiger partial charge in [-0.25, -0.2) is 14.8 Å². The molecule has 0 spiro atoms. The van der Waals surface area contributed by atoms with Gasteiger partial charge in [-0.15, -0.1) is 0 Å². The zero-order chi connectivity index (χ0) is 26.6. The second kappa shape index (κ2) is 9.02. The topological polar surface area (TPSA) is 119 Å². The van der Waals surface area contributed by atoms with Gasteiger partial charge in [0.15, 0.2) is 5.65 Å². The predicted octanol–water partition coefficient (Wildman–Crippen LogP) is 3.66. The zero-order valence-electron chi connectivity index (χ0n) is 20.8. The van der Waals surface area contributed by atoms with Gasteiger partial charge in [0.2, 0.25) is 5.95 Å². The SMILES string of the molecule is CCCn1c(=O)n(C2CC2)c(=O)c2[nH]c(-c3cnc4cc(N(C)C(=O)c5ccc(F)nc5)ccc4c3)nc21. The highest BCUT2D eigenvalue weighted by Crippen LogP contribution is 2.32. The number of benzene rings is 1. The average molecular weight is 514 g/mol. The Hall–Kier alpha value is -4.67. The Morgan fingerprint density at radius 2 is 1.95 bits per heavy atom. The Kier molecular flexibility index (Phi) is 5.63. The van der Waals surface area contributed by atoms with Crippen molar-refractivity contribution in [1.29, 1.82) is 0 Å². The van der Waals surface area contributed by atoms with Crippen molar-refractivity contribution in [2.24, 2.45) is 0 Å². The fraction of sp³-hybridized carbons (Fsp3) is 0.259. The van der Waals surface area contributed by atoms with E-state index in [2.05, 4.69) is 19.9 Å². The molecule has 1 aliphatic rings. The number of amides is 1. The smallest absolute Gasteiger partial charge is 0.332 e. The van der Waals surface area contributed by atoms with Crippen LogP contribution in [0.1, 0.15) is 42.6 Å². The summed E-state index contributed by atoms with van der Waals surface area (Å²) in [6.45, 7) is 2.44. The van der Waals surface area contributed by atoms with Crippen molar-refractivity contribution in [2.75, 3.05) is 11.9 Å². The largest absolute Gasteiger partial charge is 0.333 e. The molecule has 0 radical (unpaired) electrons. The molecule has 1 fully saturated rings. The maximum absolute atomic E-state index is 13.1. The summed E-state index contributed by atoms with van der Waals surface area (Å²) in [6.07, 6.45) is 5.22. The van der Waals surface area contributed by atoms with Crippen LogP contribution in [0.4, 0.5) is 10.1 Å². The van der Waals surface area contributed by atoms with Crippen LogP contribution in [0.5, 0.6) is 0 Å². The Labute approximate surface area is 215 Å². The van der Waals surface area contributed by atoms with Crippen molar-refractivity contribution in [3.8, 4) is 11.4 Å². The van der Waals surface area contributed by atoms with Gasteiger partial charge < -0.3 is 9.88 Å². The van der Waals surface area contributed by atoms with Gasteiger partial charge in [-0.3, -0.25) is 23.7 Å². The van der Waals surface area contributed by atoms with E-state index in [1.54, 1.807) is 29.9 Å². The second-order valence-corrected chi connectivity index (χ2v) is 9.46. The summed E-state index contributed by atoms with van der Waals surface area (Å²) in [5, 5.41) is 0.803. The van der Waals surface area contributed by atoms with E-state index in [4.69, 9.17) is 0 Å². The fourth-order valence-electron chi connectivity index (χ4n) is 4.61. The van der Waals surface area contributed by atoms with Crippen LogP contribution < -0.4 is 16.1 Å². The highest BCUT2D eigenvalue weighted by Gasteiger charge is 2.30. The first-order valence-corrected chi connectivity index (χ1v) is 12.4. The summed E-state index contributed by atoms with van der Waals surface area (Å²) in [5.41, 5.74) is 2.19. The Morgan fingerprint density at radius 1 is 1.13 bits per heavy atom. The van der Waals surface area contributed by atoms with E-state index < -0.39 is 5.95 Å². The Balaban J connectivity index is 1.37. The summed E-state index contributed by atoms with van der Waals surface area (Å²) in [6, 6.07) is 9.77. The number of anilines is 1. The van der Waals surface area contributed by atoms with E-state index in [-0.39, 0.29) is 28.8 Å². The molecule has 192 valence electrons. The molecule has 4 aromatic heterocycles. The summed E-state index contributed by atoms with van der Waals surface area (Å²) in [7, 11) is 1.62. The van der Waals surface area contributed by atoms with E-state index in [0.29, 0.717) is 40.3 Å². The molecule has 0 bridgehead atoms. The van der Waals surface area contributed by atoms with Crippen LogP contribution in [-0.2, 0) is 6.54 Å². The number of rotatable bonds is 6. The number of nitrogens with zero attached hydrogens (tertiary/aromatic N) is 6. The number of aromatic nitrogens is 6. The Bertz CT molecular complexity index is 1830. The number of carbonyl (C=O) groups is 1. The molecule has 1 N–H and O–H groups in total. The van der Waals surface area contributed by atoms with Gasteiger partial charge >= 0.3 is 5.69 Å². The molecule has 11 heteroatoms. The van der Waals surface area contributed by atoms with Crippen molar-refractivity contribution in [1.82, 2.24) is 29.1 Å². The first-order valence-electron chi connectivity index (χ1n) is 12.4. The third kappa shape index (κ3) is 3.96. The number of hydrogen-bond acceptors (Lipinski definition) is 6. The molecule has 1 amide bonds. The van der Waals surface area contributed by atoms with Crippen LogP contribution in [-0.4, -0.2) is 42.0 Å². The number of hydrogen-bond donors (Lipinski definition) is 1. The molecule has 0 saturated heterocycles. The van der Waals surface area contributed by atoms with Gasteiger partial charge in [-0.2, -0.15) is 4.39 Å². The van der Waals surface area contributed by atoms with E-state index in [0.717, 1.165) is 30.7 Å². The van der Waals surface area contributed by atoms with Gasteiger partial charge in [0.1, 0.15) is 11.3 Å². The Morgan fingerprint density at radius 3 is 2.66 bits per heavy atom. The molecule has 1 aromatic carbocycles. The summed E-state index contributed by atoms with van der Waals surface area (Å²) in [4.78, 5) is 56.3. The molecule has 0 unspecified atom stereocenters. The molecule has 4 heterocycles. The van der Waals surface area contributed by atoms with Gasteiger partial charge in [0.25, 0.3) is 11.5 Å². The van der Waals surface area contributed by atoms with Crippen LogP contribution in [0, 0.1) is 5.95 Å². The average Bonchev–Trinajstić information content (AvgIpc) is 3.66. The highest BCUT2D eigenvalue weighted by atomic mass is 19.1. The van der Waals surface area contributed by atoms with Gasteiger partial charge in [0.05, 0.1) is 11.1 Å². The lowest BCUT2D eigenvalue weighted by molar-refractivity contribution is 0.0992. The monoisotopic (exact) mass is 513 g/mol. The van der Waals surface area contributed by atoms with Crippen LogP contribution in [0.3, 0.4) is 0 Å². The zero-order valence-corrected chi connectivity index (χ0v) is 20.8. The van der Waals surface area contributed by atoms with Crippen LogP contribution in [0.25, 0.3) is 33.5 Å². The lowest BCUT2D eigenvalue weighted by atomic mass is 10.1. The number of aryl methyl sites for hydroxylation is 1. The predicted molar refractivity (Wildman–Crippen MR) is 141 cm³/mol. The number of aromatic amines is 1. The van der Waals surface area contributed by atoms with E-state index in [1.165, 1.54) is 21.7 Å². The van der Waals surface area contributed by atoms with E-state index >= 15 is 0 Å². The molecule has 0 atom stereocenters. The minimum atomic E-state index is -0.651. The maximum atomic E-state index is 13.1. The third-order valence-corrected chi connectivity index (χ3v) is 6.78. The van der Waals surface area contributed by atoms with Gasteiger partial charge in [-0.1, -0.05) is 13.0 Å². The summed E-state index contributed by atoms with van der Waals surface area (Å²) >= 11 is 0. The molecule has 1 saturated carbocycles. The van der Waals surface area contributed by atoms with Crippen molar-refractivity contribution >= 4 is 33.7 Å². The second-order valence-electron chi connectivity index (χ2n) is 9.46. The van der Waals surface area contributed by atoms with E-state index in [9.17, 15) is 18.8 Å². The molecule has 38 heavy (non-hydrogen) atoms. The molecule has 5 aromatic rings. The summed E-state index contributed by atoms with van der Waals surface area (Å²) in [5.74, 6) is -0.531. The molecule has 6 rings (SSSR count). The quantitative estimate of drug-likeness (QED) is 0.346. The number of H-pyrrole nitrogens is 1. The van der Waals surface area contributed by atoms with Crippen molar-refractivity contribution < 1.29 is 9.18 Å². The number of carbonyl (C=O) groups excluding carboxylic acids is 1. The van der Waals surface area contributed by atoms with Crippen molar-refractivity contribution in [3.05, 3.63) is 81.1 Å². The van der Waals surface area contributed by atoms with Gasteiger partial charge in [0, 0.05) is 48.7 Å². The molecule has 10 nitrogen and oxygen atoms in total. The van der Waals surface area contributed by atoms with Crippen molar-refractivity contribution in [3.63, 3.8) is 0 Å². The van der Waals surface area contributed by atoms with Crippen LogP contribution >= 0.6 is 0 Å². The first-order chi connectivity index (χ1) is 18.4. The number of nitrogens with one attached hydrogen (secondary N) is 1. The number of fused-ring (bicyclic) bond motifs is 2. The lowest BCUT2D eigenvalue weighted by Crippen LogP contribution is -2.39. The number of pyridine rings is 2. The van der Waals surface area contributed by atoms with Crippen LogP contribution in [0.2, 0.25) is 0 Å². The van der Waals surface area contributed by atoms with Crippen LogP contribution in [0.15, 0.2) is 58.4 Å². The molecular formula is C27H24FN7O3. The fourth-order valence-corrected chi connectivity index (χ4v) is 4.61. The van der Waals surface area contributed by atoms with E-state index in [1.807, 2.05) is 19.1 Å². The molecule has 0 aliphatic heterocycles. The highest BCUT2D eigenvalue weighted by molar-refractivity contribution is 6.06. The van der Waals surface area contributed by atoms with Gasteiger partial charge in [-0.05, 0) is 49.6 Å². The van der Waals surface area contributed by atoms with Crippen molar-refractivity contribution in [2.45, 2.75) is 38.8 Å². The normalized spacial score (nSPS) is 13.3. The molecular weight excluding hydrogens is 489 g/mol. The minimum Gasteiger partial charge on any atom is -0.332 e. The minimum absolute atomic E-state index is 0.0462. The number of imidazole rings is 1. The first kappa shape index (κ1) is 23.7. The third-order valence-electron chi connectivity index (χ3n) is 6.78. The summed E-state index contributed by atoms with van der Waals surface area (Å²) < 4.78 is 16.0. The maximum Gasteiger partial charge on any atom is 0.333 e. The standard InChI is InChI=1S/C27H24FN7O3/c1-3-10-34-24-22(26(37)35(27(34)38)18-7-8-18)31-23(32-24)17-11-15-4-6-19(12-20(15)29-14-17)33(2)25(36)16-5-9-21(28)30-13-16/h4-6,9,11-14,18H,3,7-8,10H2,1-2H3,(H,31,32). The molecule has 1 aliphatic carbocycles. The number of halogens is 1.